The van der Waals surface area contributed by atoms with E-state index in [0.29, 0.717) is 21.6 Å². The molecule has 2 aromatic carbocycles. The number of halogens is 1. The summed E-state index contributed by atoms with van der Waals surface area (Å²) < 4.78 is 33.7. The van der Waals surface area contributed by atoms with Crippen LogP contribution in [-0.4, -0.2) is 33.0 Å². The Kier molecular flexibility index (Phi) is 7.29. The summed E-state index contributed by atoms with van der Waals surface area (Å²) in [6, 6.07) is 16.8. The Labute approximate surface area is 190 Å². The first kappa shape index (κ1) is 22.8. The molecule has 0 bridgehead atoms. The van der Waals surface area contributed by atoms with Gasteiger partial charge in [0, 0.05) is 6.20 Å². The highest BCUT2D eigenvalue weighted by atomic mass is 79.9. The van der Waals surface area contributed by atoms with E-state index < -0.39 is 15.9 Å². The molecule has 1 heterocycles. The third kappa shape index (κ3) is 5.62. The number of methoxy groups -OCH3 is 1. The number of sulfonamides is 1. The molecule has 0 spiro atoms. The van der Waals surface area contributed by atoms with E-state index in [0.717, 1.165) is 9.87 Å². The normalized spacial score (nSPS) is 11.1. The summed E-state index contributed by atoms with van der Waals surface area (Å²) in [5.74, 6) is 0.0660. The van der Waals surface area contributed by atoms with Crippen LogP contribution in [0.3, 0.4) is 0 Å². The lowest BCUT2D eigenvalue weighted by Crippen LogP contribution is -2.40. The number of nitrogens with zero attached hydrogens (tertiary/aromatic N) is 2. The van der Waals surface area contributed by atoms with Crippen LogP contribution in [0.4, 0.5) is 5.69 Å². The Hall–Kier alpha value is -2.91. The van der Waals surface area contributed by atoms with Crippen molar-refractivity contribution < 1.29 is 17.9 Å². The fourth-order valence-corrected chi connectivity index (χ4v) is 4.98. The minimum Gasteiger partial charge on any atom is -0.496 e. The van der Waals surface area contributed by atoms with E-state index >= 15 is 0 Å². The van der Waals surface area contributed by atoms with Crippen LogP contribution in [0.2, 0.25) is 0 Å². The van der Waals surface area contributed by atoms with Crippen molar-refractivity contribution in [1.82, 2.24) is 10.3 Å². The third-order valence-corrected chi connectivity index (χ3v) is 6.90. The van der Waals surface area contributed by atoms with Gasteiger partial charge in [-0.05, 0) is 65.3 Å². The molecule has 0 aliphatic rings. The molecule has 0 aliphatic heterocycles. The summed E-state index contributed by atoms with van der Waals surface area (Å²) >= 11 is 3.32. The molecular formula is C22H22BrN3O4S. The molecule has 3 rings (SSSR count). The van der Waals surface area contributed by atoms with Crippen LogP contribution in [-0.2, 0) is 21.4 Å². The number of aromatic nitrogens is 1. The van der Waals surface area contributed by atoms with Crippen molar-refractivity contribution in [2.75, 3.05) is 18.0 Å². The molecule has 0 aliphatic carbocycles. The summed E-state index contributed by atoms with van der Waals surface area (Å²) in [5, 5.41) is 2.73. The molecule has 7 nitrogen and oxygen atoms in total. The number of benzene rings is 2. The zero-order valence-electron chi connectivity index (χ0n) is 17.1. The maximum atomic E-state index is 13.5. The van der Waals surface area contributed by atoms with E-state index in [4.69, 9.17) is 4.74 Å². The van der Waals surface area contributed by atoms with Crippen molar-refractivity contribution in [2.24, 2.45) is 0 Å². The highest BCUT2D eigenvalue weighted by Gasteiger charge is 2.28. The molecule has 3 aromatic rings. The Balaban J connectivity index is 1.89. The first-order chi connectivity index (χ1) is 14.8. The molecule has 0 saturated carbocycles. The van der Waals surface area contributed by atoms with Gasteiger partial charge in [0.25, 0.3) is 10.0 Å². The summed E-state index contributed by atoms with van der Waals surface area (Å²) in [6.07, 6.45) is 1.63. The van der Waals surface area contributed by atoms with Gasteiger partial charge in [-0.1, -0.05) is 23.8 Å². The molecule has 0 unspecified atom stereocenters. The van der Waals surface area contributed by atoms with E-state index in [2.05, 4.69) is 26.2 Å². The summed E-state index contributed by atoms with van der Waals surface area (Å²) in [6.45, 7) is 1.74. The first-order valence-electron chi connectivity index (χ1n) is 9.41. The number of anilines is 1. The highest BCUT2D eigenvalue weighted by molar-refractivity contribution is 9.10. The number of amides is 1. The summed E-state index contributed by atoms with van der Waals surface area (Å²) in [7, 11) is -2.52. The lowest BCUT2D eigenvalue weighted by molar-refractivity contribution is -0.119. The molecule has 0 fully saturated rings. The Bertz CT molecular complexity index is 1150. The number of carbonyl (C=O) groups excluding carboxylic acids is 1. The van der Waals surface area contributed by atoms with E-state index in [1.807, 2.05) is 13.0 Å². The molecule has 162 valence electrons. The quantitative estimate of drug-likeness (QED) is 0.506. The fourth-order valence-electron chi connectivity index (χ4n) is 2.84. The minimum absolute atomic E-state index is 0.0401. The number of rotatable bonds is 8. The van der Waals surface area contributed by atoms with Crippen LogP contribution in [0.25, 0.3) is 0 Å². The highest BCUT2D eigenvalue weighted by Crippen LogP contribution is 2.30. The Morgan fingerprint density at radius 3 is 2.48 bits per heavy atom. The average molecular weight is 504 g/mol. The van der Waals surface area contributed by atoms with Crippen molar-refractivity contribution in [3.8, 4) is 5.75 Å². The lowest BCUT2D eigenvalue weighted by Gasteiger charge is -2.24. The zero-order chi connectivity index (χ0) is 22.4. The van der Waals surface area contributed by atoms with Crippen molar-refractivity contribution >= 4 is 37.5 Å². The number of aryl methyl sites for hydroxylation is 1. The van der Waals surface area contributed by atoms with Crippen molar-refractivity contribution in [2.45, 2.75) is 18.4 Å². The Morgan fingerprint density at radius 1 is 1.13 bits per heavy atom. The van der Waals surface area contributed by atoms with Gasteiger partial charge in [-0.3, -0.25) is 14.1 Å². The second kappa shape index (κ2) is 9.93. The van der Waals surface area contributed by atoms with Crippen LogP contribution in [0.15, 0.2) is 76.2 Å². The van der Waals surface area contributed by atoms with Gasteiger partial charge in [-0.2, -0.15) is 0 Å². The van der Waals surface area contributed by atoms with Crippen LogP contribution >= 0.6 is 15.9 Å². The summed E-state index contributed by atoms with van der Waals surface area (Å²) in [4.78, 5) is 16.8. The molecule has 1 N–H and O–H groups in total. The molecule has 0 atom stereocenters. The third-order valence-electron chi connectivity index (χ3n) is 4.51. The second-order valence-corrected chi connectivity index (χ2v) is 9.46. The maximum absolute atomic E-state index is 13.5. The van der Waals surface area contributed by atoms with E-state index in [1.165, 1.54) is 19.2 Å². The van der Waals surface area contributed by atoms with Crippen molar-refractivity contribution in [3.63, 3.8) is 0 Å². The predicted octanol–water partition coefficient (Wildman–Crippen LogP) is 3.67. The molecule has 31 heavy (non-hydrogen) atoms. The van der Waals surface area contributed by atoms with E-state index in [1.54, 1.807) is 48.7 Å². The number of hydrogen-bond donors (Lipinski definition) is 1. The van der Waals surface area contributed by atoms with Crippen molar-refractivity contribution in [3.05, 3.63) is 82.6 Å². The van der Waals surface area contributed by atoms with Crippen LogP contribution in [0.5, 0.6) is 5.75 Å². The average Bonchev–Trinajstić information content (AvgIpc) is 2.77. The fraction of sp³-hybridized carbons (Fsp3) is 0.182. The van der Waals surface area contributed by atoms with Gasteiger partial charge in [-0.15, -0.1) is 0 Å². The SMILES string of the molecule is COc1ccc(S(=O)(=O)N(CC(=O)NCc2ccccn2)c2ccc(C)cc2)cc1Br. The smallest absolute Gasteiger partial charge is 0.264 e. The zero-order valence-corrected chi connectivity index (χ0v) is 19.5. The van der Waals surface area contributed by atoms with Crippen molar-refractivity contribution in [1.29, 1.82) is 0 Å². The lowest BCUT2D eigenvalue weighted by atomic mass is 10.2. The molecule has 1 aromatic heterocycles. The predicted molar refractivity (Wildman–Crippen MR) is 122 cm³/mol. The number of carbonyl (C=O) groups is 1. The van der Waals surface area contributed by atoms with Crippen LogP contribution < -0.4 is 14.4 Å². The molecule has 0 radical (unpaired) electrons. The minimum atomic E-state index is -4.02. The number of pyridine rings is 1. The molecule has 9 heteroatoms. The van der Waals surface area contributed by atoms with Crippen LogP contribution in [0.1, 0.15) is 11.3 Å². The number of hydrogen-bond acceptors (Lipinski definition) is 5. The van der Waals surface area contributed by atoms with E-state index in [-0.39, 0.29) is 18.0 Å². The largest absolute Gasteiger partial charge is 0.496 e. The van der Waals surface area contributed by atoms with Gasteiger partial charge >= 0.3 is 0 Å². The molecule has 0 saturated heterocycles. The van der Waals surface area contributed by atoms with E-state index in [9.17, 15) is 13.2 Å². The van der Waals surface area contributed by atoms with Gasteiger partial charge in [0.2, 0.25) is 5.91 Å². The topological polar surface area (TPSA) is 88.6 Å². The Morgan fingerprint density at radius 2 is 1.87 bits per heavy atom. The van der Waals surface area contributed by atoms with Gasteiger partial charge in [0.15, 0.2) is 0 Å². The maximum Gasteiger partial charge on any atom is 0.264 e. The molecular weight excluding hydrogens is 482 g/mol. The second-order valence-electron chi connectivity index (χ2n) is 6.74. The van der Waals surface area contributed by atoms with Gasteiger partial charge in [0.1, 0.15) is 12.3 Å². The first-order valence-corrected chi connectivity index (χ1v) is 11.6. The van der Waals surface area contributed by atoms with Gasteiger partial charge in [-0.25, -0.2) is 8.42 Å². The summed E-state index contributed by atoms with van der Waals surface area (Å²) in [5.41, 5.74) is 2.05. The standard InChI is InChI=1S/C22H22BrN3O4S/c1-16-6-8-18(9-7-16)26(15-22(27)25-14-17-5-3-4-12-24-17)31(28,29)19-10-11-21(30-2)20(23)13-19/h3-13H,14-15H2,1-2H3,(H,25,27). The van der Waals surface area contributed by atoms with Crippen LogP contribution in [0, 0.1) is 6.92 Å². The van der Waals surface area contributed by atoms with Gasteiger partial charge in [0.05, 0.1) is 34.4 Å². The number of ether oxygens (including phenoxy) is 1. The molecule has 1 amide bonds. The number of nitrogens with one attached hydrogen (secondary N) is 1. The van der Waals surface area contributed by atoms with Gasteiger partial charge < -0.3 is 10.1 Å². The monoisotopic (exact) mass is 503 g/mol.